The van der Waals surface area contributed by atoms with Gasteiger partial charge in [-0.1, -0.05) is 62.4 Å². The summed E-state index contributed by atoms with van der Waals surface area (Å²) in [6, 6.07) is 19.1. The minimum absolute atomic E-state index is 0.206. The van der Waals surface area contributed by atoms with Crippen molar-refractivity contribution in [3.8, 4) is 0 Å². The van der Waals surface area contributed by atoms with Gasteiger partial charge in [-0.3, -0.25) is 4.79 Å². The molecular formula is C23H33N3O3. The van der Waals surface area contributed by atoms with Crippen LogP contribution < -0.4 is 10.6 Å². The molecule has 0 radical (unpaired) electrons. The number of ether oxygens (including phenoxy) is 1. The third-order valence-corrected chi connectivity index (χ3v) is 4.05. The molecule has 0 aromatic heterocycles. The van der Waals surface area contributed by atoms with Crippen molar-refractivity contribution >= 4 is 18.2 Å². The number of nitrogens with zero attached hydrogens (tertiary/aromatic N) is 1. The van der Waals surface area contributed by atoms with Crippen molar-refractivity contribution in [2.45, 2.75) is 33.3 Å². The lowest BCUT2D eigenvalue weighted by molar-refractivity contribution is -0.105. The Morgan fingerprint density at radius 2 is 1.66 bits per heavy atom. The van der Waals surface area contributed by atoms with Crippen molar-refractivity contribution in [3.63, 3.8) is 0 Å². The number of benzene rings is 2. The fourth-order valence-electron chi connectivity index (χ4n) is 2.60. The van der Waals surface area contributed by atoms with Gasteiger partial charge in [-0.2, -0.15) is 0 Å². The maximum Gasteiger partial charge on any atom is 0.410 e. The predicted molar refractivity (Wildman–Crippen MR) is 118 cm³/mol. The molecule has 1 aliphatic rings. The van der Waals surface area contributed by atoms with Crippen LogP contribution in [0.5, 0.6) is 0 Å². The fourth-order valence-corrected chi connectivity index (χ4v) is 2.60. The number of carbonyl (C=O) groups excluding carboxylic acids is 2. The summed E-state index contributed by atoms with van der Waals surface area (Å²) in [5.41, 5.74) is 1.85. The van der Waals surface area contributed by atoms with Gasteiger partial charge in [0, 0.05) is 25.3 Å². The van der Waals surface area contributed by atoms with Crippen LogP contribution in [0.1, 0.15) is 32.3 Å². The zero-order valence-electron chi connectivity index (χ0n) is 17.5. The van der Waals surface area contributed by atoms with E-state index in [0.29, 0.717) is 13.0 Å². The molecule has 0 spiro atoms. The first-order chi connectivity index (χ1) is 14.3. The Hall–Kier alpha value is -2.86. The van der Waals surface area contributed by atoms with Crippen LogP contribution in [0.3, 0.4) is 0 Å². The van der Waals surface area contributed by atoms with Gasteiger partial charge in [0.15, 0.2) is 0 Å². The van der Waals surface area contributed by atoms with Crippen LogP contribution in [0.4, 0.5) is 10.5 Å². The molecule has 2 amide bonds. The third-order valence-electron chi connectivity index (χ3n) is 4.05. The highest BCUT2D eigenvalue weighted by Gasteiger charge is 2.15. The monoisotopic (exact) mass is 399 g/mol. The average molecular weight is 400 g/mol. The van der Waals surface area contributed by atoms with E-state index in [1.165, 1.54) is 0 Å². The number of hydrogen-bond acceptors (Lipinski definition) is 4. The van der Waals surface area contributed by atoms with Crippen LogP contribution in [0.25, 0.3) is 0 Å². The lowest BCUT2D eigenvalue weighted by atomic mass is 10.2. The molecule has 6 nitrogen and oxygen atoms in total. The van der Waals surface area contributed by atoms with Gasteiger partial charge in [-0.05, 0) is 37.1 Å². The minimum atomic E-state index is -0.206. The Balaban J connectivity index is 0.000000321. The van der Waals surface area contributed by atoms with Crippen molar-refractivity contribution in [2.24, 2.45) is 0 Å². The molecule has 0 saturated carbocycles. The number of para-hydroxylation sites is 1. The lowest BCUT2D eigenvalue weighted by Crippen LogP contribution is -2.40. The fraction of sp³-hybridized carbons (Fsp3) is 0.391. The molecular weight excluding hydrogens is 366 g/mol. The highest BCUT2D eigenvalue weighted by Crippen LogP contribution is 2.05. The van der Waals surface area contributed by atoms with Gasteiger partial charge in [-0.25, -0.2) is 4.79 Å². The number of anilines is 1. The van der Waals surface area contributed by atoms with E-state index in [2.05, 4.69) is 10.6 Å². The number of amides is 2. The quantitative estimate of drug-likeness (QED) is 0.753. The first-order valence-corrected chi connectivity index (χ1v) is 10.2. The van der Waals surface area contributed by atoms with E-state index in [9.17, 15) is 9.59 Å². The first-order valence-electron chi connectivity index (χ1n) is 10.2. The molecule has 1 heterocycles. The molecule has 0 aliphatic carbocycles. The SMILES string of the molecule is CC.O=C(OCc1ccccc1)N1CCCCNCC1.O=CNc1ccccc1. The van der Waals surface area contributed by atoms with Crippen LogP contribution in [0, 0.1) is 0 Å². The topological polar surface area (TPSA) is 70.7 Å². The Bertz CT molecular complexity index is 658. The second-order valence-electron chi connectivity index (χ2n) is 6.11. The van der Waals surface area contributed by atoms with Crippen LogP contribution in [-0.4, -0.2) is 43.6 Å². The summed E-state index contributed by atoms with van der Waals surface area (Å²) >= 11 is 0. The van der Waals surface area contributed by atoms with Gasteiger partial charge in [-0.15, -0.1) is 0 Å². The van der Waals surface area contributed by atoms with Crippen LogP contribution in [0.15, 0.2) is 60.7 Å². The molecule has 29 heavy (non-hydrogen) atoms. The predicted octanol–water partition coefficient (Wildman–Crippen LogP) is 4.29. The molecule has 158 valence electrons. The summed E-state index contributed by atoms with van der Waals surface area (Å²) < 4.78 is 5.32. The lowest BCUT2D eigenvalue weighted by Gasteiger charge is -2.24. The number of rotatable bonds is 4. The van der Waals surface area contributed by atoms with E-state index < -0.39 is 0 Å². The van der Waals surface area contributed by atoms with Crippen LogP contribution in [0.2, 0.25) is 0 Å². The van der Waals surface area contributed by atoms with E-state index in [1.807, 2.05) is 74.5 Å². The van der Waals surface area contributed by atoms with E-state index in [4.69, 9.17) is 4.74 Å². The summed E-state index contributed by atoms with van der Waals surface area (Å²) in [6.45, 7) is 7.78. The van der Waals surface area contributed by atoms with Crippen molar-refractivity contribution in [1.29, 1.82) is 0 Å². The smallest absolute Gasteiger partial charge is 0.410 e. The Kier molecular flexibility index (Phi) is 13.4. The van der Waals surface area contributed by atoms with Gasteiger partial charge >= 0.3 is 6.09 Å². The van der Waals surface area contributed by atoms with Gasteiger partial charge in [0.25, 0.3) is 0 Å². The summed E-state index contributed by atoms with van der Waals surface area (Å²) in [5.74, 6) is 0. The highest BCUT2D eigenvalue weighted by atomic mass is 16.6. The Labute approximate surface area is 174 Å². The number of nitrogens with one attached hydrogen (secondary N) is 2. The largest absolute Gasteiger partial charge is 0.445 e. The normalized spacial score (nSPS) is 13.2. The molecule has 1 saturated heterocycles. The Morgan fingerprint density at radius 3 is 2.31 bits per heavy atom. The van der Waals surface area contributed by atoms with E-state index in [1.54, 1.807) is 4.90 Å². The average Bonchev–Trinajstić information content (AvgIpc) is 2.75. The molecule has 1 fully saturated rings. The van der Waals surface area contributed by atoms with E-state index >= 15 is 0 Å². The molecule has 0 bridgehead atoms. The second-order valence-corrected chi connectivity index (χ2v) is 6.11. The molecule has 2 aromatic rings. The van der Waals surface area contributed by atoms with Crippen molar-refractivity contribution in [2.75, 3.05) is 31.5 Å². The summed E-state index contributed by atoms with van der Waals surface area (Å²) in [4.78, 5) is 23.6. The Morgan fingerprint density at radius 1 is 1.00 bits per heavy atom. The van der Waals surface area contributed by atoms with Crippen molar-refractivity contribution < 1.29 is 14.3 Å². The standard InChI is InChI=1S/C14H20N2O2.C7H7NO.C2H6/c17-14(16-10-5-4-8-15-9-11-16)18-12-13-6-2-1-3-7-13;9-6-8-7-4-2-1-3-5-7;1-2/h1-3,6-7,15H,4-5,8-12H2;1-6H,(H,8,9);1-2H3. The molecule has 3 rings (SSSR count). The molecule has 0 atom stereocenters. The number of carbonyl (C=O) groups is 2. The van der Waals surface area contributed by atoms with Gasteiger partial charge in [0.1, 0.15) is 6.61 Å². The number of hydrogen-bond donors (Lipinski definition) is 2. The maximum absolute atomic E-state index is 11.9. The zero-order chi connectivity index (χ0) is 21.2. The molecule has 2 N–H and O–H groups in total. The molecule has 1 aliphatic heterocycles. The van der Waals surface area contributed by atoms with Gasteiger partial charge < -0.3 is 20.3 Å². The molecule has 2 aromatic carbocycles. The first kappa shape index (κ1) is 24.2. The van der Waals surface area contributed by atoms with Crippen molar-refractivity contribution in [1.82, 2.24) is 10.2 Å². The second kappa shape index (κ2) is 16.1. The van der Waals surface area contributed by atoms with Crippen LogP contribution >= 0.6 is 0 Å². The van der Waals surface area contributed by atoms with Gasteiger partial charge in [0.05, 0.1) is 0 Å². The highest BCUT2D eigenvalue weighted by molar-refractivity contribution is 5.70. The molecule has 0 unspecified atom stereocenters. The van der Waals surface area contributed by atoms with E-state index in [-0.39, 0.29) is 6.09 Å². The summed E-state index contributed by atoms with van der Waals surface area (Å²) in [7, 11) is 0. The summed E-state index contributed by atoms with van der Waals surface area (Å²) in [5, 5.41) is 5.82. The minimum Gasteiger partial charge on any atom is -0.445 e. The van der Waals surface area contributed by atoms with Gasteiger partial charge in [0.2, 0.25) is 6.41 Å². The van der Waals surface area contributed by atoms with Crippen molar-refractivity contribution in [3.05, 3.63) is 66.2 Å². The van der Waals surface area contributed by atoms with Crippen LogP contribution in [-0.2, 0) is 16.1 Å². The zero-order valence-corrected chi connectivity index (χ0v) is 17.5. The molecule has 6 heteroatoms. The summed E-state index contributed by atoms with van der Waals surface area (Å²) in [6.07, 6.45) is 2.60. The van der Waals surface area contributed by atoms with E-state index in [0.717, 1.165) is 50.3 Å². The maximum atomic E-state index is 11.9. The third kappa shape index (κ3) is 10.9.